The van der Waals surface area contributed by atoms with Gasteiger partial charge in [0.15, 0.2) is 0 Å². The monoisotopic (exact) mass is 903 g/mol. The molecule has 1 amide bonds. The van der Waals surface area contributed by atoms with Crippen molar-refractivity contribution in [3.63, 3.8) is 0 Å². The van der Waals surface area contributed by atoms with Crippen molar-refractivity contribution >= 4 is 17.8 Å². The number of carbonyl (C=O) groups is 3. The van der Waals surface area contributed by atoms with Crippen LogP contribution in [-0.4, -0.2) is 74.1 Å². The van der Waals surface area contributed by atoms with Crippen molar-refractivity contribution < 1.29 is 23.9 Å². The van der Waals surface area contributed by atoms with Gasteiger partial charge in [0.05, 0.1) is 13.2 Å². The molecule has 0 aromatic rings. The zero-order valence-electron chi connectivity index (χ0n) is 43.9. The summed E-state index contributed by atoms with van der Waals surface area (Å²) in [5.74, 6) is 0.518. The third kappa shape index (κ3) is 42.7. The molecule has 0 heterocycles. The van der Waals surface area contributed by atoms with E-state index in [9.17, 15) is 14.4 Å². The van der Waals surface area contributed by atoms with Crippen LogP contribution in [0.15, 0.2) is 12.2 Å². The standard InChI is InChI=1S/C57H110N2O5/c1-7-11-15-19-22-24-27-35-44-54(45-36-28-30-39-48-57(62)64-52-53(42-33-18-14-10-4)43-34-26-21-17-13-9-3)59(50-41-49-58(5)6)55(60)46-37-29-31-38-47-56(61)63-51-40-32-25-23-20-16-12-8-2/h39,48,53-54H,7-38,40-47,49-52H2,1-6H3. The van der Waals surface area contributed by atoms with Gasteiger partial charge in [-0.3, -0.25) is 9.59 Å². The molecule has 378 valence electrons. The first-order valence-corrected chi connectivity index (χ1v) is 28.2. The molecule has 0 N–H and O–H groups in total. The van der Waals surface area contributed by atoms with Crippen LogP contribution in [0.3, 0.4) is 0 Å². The molecule has 2 atom stereocenters. The molecule has 64 heavy (non-hydrogen) atoms. The summed E-state index contributed by atoms with van der Waals surface area (Å²) in [6.07, 6.45) is 49.9. The summed E-state index contributed by atoms with van der Waals surface area (Å²) >= 11 is 0. The van der Waals surface area contributed by atoms with Crippen molar-refractivity contribution in [2.24, 2.45) is 5.92 Å². The highest BCUT2D eigenvalue weighted by Gasteiger charge is 2.23. The van der Waals surface area contributed by atoms with Crippen LogP contribution < -0.4 is 0 Å². The Bertz CT molecular complexity index is 1050. The predicted octanol–water partition coefficient (Wildman–Crippen LogP) is 16.7. The van der Waals surface area contributed by atoms with Gasteiger partial charge >= 0.3 is 11.9 Å². The molecule has 7 nitrogen and oxygen atoms in total. The minimum atomic E-state index is -0.194. The number of esters is 2. The second-order valence-corrected chi connectivity index (χ2v) is 19.9. The van der Waals surface area contributed by atoms with Gasteiger partial charge in [-0.05, 0) is 90.8 Å². The molecule has 0 spiro atoms. The lowest BCUT2D eigenvalue weighted by atomic mass is 9.95. The first-order chi connectivity index (χ1) is 31.3. The summed E-state index contributed by atoms with van der Waals surface area (Å²) in [5.41, 5.74) is 0. The zero-order valence-corrected chi connectivity index (χ0v) is 43.9. The maximum atomic E-state index is 14.0. The van der Waals surface area contributed by atoms with Crippen molar-refractivity contribution in [1.29, 1.82) is 0 Å². The number of nitrogens with zero attached hydrogens (tertiary/aromatic N) is 2. The largest absolute Gasteiger partial charge is 0.466 e. The van der Waals surface area contributed by atoms with Crippen LogP contribution in [0.5, 0.6) is 0 Å². The highest BCUT2D eigenvalue weighted by Crippen LogP contribution is 2.22. The van der Waals surface area contributed by atoms with E-state index in [1.54, 1.807) is 6.08 Å². The van der Waals surface area contributed by atoms with Crippen LogP contribution in [0.25, 0.3) is 0 Å². The Morgan fingerprint density at radius 2 is 0.891 bits per heavy atom. The van der Waals surface area contributed by atoms with E-state index in [1.165, 1.54) is 161 Å². The number of rotatable bonds is 50. The number of ether oxygens (including phenoxy) is 2. The lowest BCUT2D eigenvalue weighted by Crippen LogP contribution is -2.41. The molecule has 2 unspecified atom stereocenters. The van der Waals surface area contributed by atoms with Gasteiger partial charge in [0, 0.05) is 31.5 Å². The minimum Gasteiger partial charge on any atom is -0.466 e. The van der Waals surface area contributed by atoms with Crippen LogP contribution in [0.1, 0.15) is 285 Å². The van der Waals surface area contributed by atoms with Gasteiger partial charge < -0.3 is 19.3 Å². The second-order valence-electron chi connectivity index (χ2n) is 19.9. The predicted molar refractivity (Wildman–Crippen MR) is 276 cm³/mol. The summed E-state index contributed by atoms with van der Waals surface area (Å²) in [6, 6.07) is 0.264. The van der Waals surface area contributed by atoms with Crippen LogP contribution in [0.4, 0.5) is 0 Å². The molecule has 0 aliphatic carbocycles. The Morgan fingerprint density at radius 3 is 1.42 bits per heavy atom. The zero-order chi connectivity index (χ0) is 47.0. The molecule has 7 heteroatoms. The smallest absolute Gasteiger partial charge is 0.330 e. The van der Waals surface area contributed by atoms with Gasteiger partial charge in [0.1, 0.15) is 0 Å². The topological polar surface area (TPSA) is 76.2 Å². The Labute approximate surface area is 399 Å². The number of allylic oxidation sites excluding steroid dienone is 1. The van der Waals surface area contributed by atoms with Crippen molar-refractivity contribution in [3.8, 4) is 0 Å². The Hall–Kier alpha value is -1.89. The van der Waals surface area contributed by atoms with E-state index < -0.39 is 0 Å². The van der Waals surface area contributed by atoms with E-state index >= 15 is 0 Å². The van der Waals surface area contributed by atoms with Crippen LogP contribution in [-0.2, 0) is 23.9 Å². The molecule has 0 rings (SSSR count). The van der Waals surface area contributed by atoms with Gasteiger partial charge in [-0.15, -0.1) is 0 Å². The van der Waals surface area contributed by atoms with E-state index in [2.05, 4.69) is 51.6 Å². The summed E-state index contributed by atoms with van der Waals surface area (Å²) in [5, 5.41) is 0. The summed E-state index contributed by atoms with van der Waals surface area (Å²) in [6.45, 7) is 11.9. The fourth-order valence-electron chi connectivity index (χ4n) is 9.03. The van der Waals surface area contributed by atoms with Gasteiger partial charge in [-0.25, -0.2) is 4.79 Å². The SMILES string of the molecule is CCCCCCCCCCOC(=O)CCCCCCC(=O)N(CCCN(C)C)C(CCCCC=CC(=O)OCC(CCCCCC)CCCCCCCC)CCCCCCCCCC. The van der Waals surface area contributed by atoms with Crippen LogP contribution >= 0.6 is 0 Å². The molecular formula is C57H110N2O5. The number of hydrogen-bond donors (Lipinski definition) is 0. The average Bonchev–Trinajstić information content (AvgIpc) is 3.28. The van der Waals surface area contributed by atoms with E-state index in [0.717, 1.165) is 96.6 Å². The molecule has 0 aliphatic rings. The first kappa shape index (κ1) is 62.1. The van der Waals surface area contributed by atoms with E-state index in [1.807, 2.05) is 6.08 Å². The summed E-state index contributed by atoms with van der Waals surface area (Å²) in [4.78, 5) is 43.5. The van der Waals surface area contributed by atoms with Crippen LogP contribution in [0, 0.1) is 5.92 Å². The van der Waals surface area contributed by atoms with E-state index in [4.69, 9.17) is 9.47 Å². The molecule has 0 fully saturated rings. The van der Waals surface area contributed by atoms with Gasteiger partial charge in [-0.2, -0.15) is 0 Å². The third-order valence-electron chi connectivity index (χ3n) is 13.2. The normalized spacial score (nSPS) is 12.6. The molecular weight excluding hydrogens is 793 g/mol. The fourth-order valence-corrected chi connectivity index (χ4v) is 9.03. The maximum Gasteiger partial charge on any atom is 0.330 e. The number of hydrogen-bond acceptors (Lipinski definition) is 6. The van der Waals surface area contributed by atoms with Gasteiger partial charge in [0.25, 0.3) is 0 Å². The molecule has 0 saturated carbocycles. The van der Waals surface area contributed by atoms with Gasteiger partial charge in [-0.1, -0.05) is 214 Å². The van der Waals surface area contributed by atoms with Crippen molar-refractivity contribution in [3.05, 3.63) is 12.2 Å². The summed E-state index contributed by atoms with van der Waals surface area (Å²) in [7, 11) is 4.23. The molecule has 0 aromatic carbocycles. The van der Waals surface area contributed by atoms with Crippen molar-refractivity contribution in [2.45, 2.75) is 291 Å². The lowest BCUT2D eigenvalue weighted by molar-refractivity contribution is -0.144. The number of amides is 1. The summed E-state index contributed by atoms with van der Waals surface area (Å²) < 4.78 is 11.3. The number of unbranched alkanes of at least 4 members (excludes halogenated alkanes) is 27. The molecule has 0 aliphatic heterocycles. The van der Waals surface area contributed by atoms with E-state index in [0.29, 0.717) is 37.9 Å². The van der Waals surface area contributed by atoms with E-state index in [-0.39, 0.29) is 18.0 Å². The Morgan fingerprint density at radius 1 is 0.453 bits per heavy atom. The van der Waals surface area contributed by atoms with Crippen LogP contribution in [0.2, 0.25) is 0 Å². The molecule has 0 saturated heterocycles. The fraction of sp³-hybridized carbons (Fsp3) is 0.912. The third-order valence-corrected chi connectivity index (χ3v) is 13.2. The van der Waals surface area contributed by atoms with Crippen molar-refractivity contribution in [2.75, 3.05) is 40.4 Å². The minimum absolute atomic E-state index is 0.0685. The average molecular weight is 904 g/mol. The van der Waals surface area contributed by atoms with Gasteiger partial charge in [0.2, 0.25) is 5.91 Å². The highest BCUT2D eigenvalue weighted by molar-refractivity contribution is 5.81. The quantitative estimate of drug-likeness (QED) is 0.0344. The second kappa shape index (κ2) is 49.0. The molecule has 0 radical (unpaired) electrons. The Balaban J connectivity index is 5.07. The first-order valence-electron chi connectivity index (χ1n) is 28.2. The number of carbonyl (C=O) groups excluding carboxylic acids is 3. The Kier molecular flexibility index (Phi) is 47.6. The molecule has 0 bridgehead atoms. The maximum absolute atomic E-state index is 14.0. The van der Waals surface area contributed by atoms with Crippen molar-refractivity contribution in [1.82, 2.24) is 9.80 Å². The highest BCUT2D eigenvalue weighted by atomic mass is 16.5. The molecule has 0 aromatic heterocycles. The lowest BCUT2D eigenvalue weighted by Gasteiger charge is -2.33.